The molecule has 4 saturated heterocycles. The first-order chi connectivity index (χ1) is 25.1. The molecule has 14 nitrogen and oxygen atoms in total. The lowest BCUT2D eigenvalue weighted by Crippen LogP contribution is -2.64. The van der Waals surface area contributed by atoms with Gasteiger partial charge in [-0.1, -0.05) is 34.6 Å². The predicted octanol–water partition coefficient (Wildman–Crippen LogP) is 0.556. The highest BCUT2D eigenvalue weighted by molar-refractivity contribution is 5.36. The van der Waals surface area contributed by atoms with Crippen molar-refractivity contribution in [3.63, 3.8) is 0 Å². The lowest BCUT2D eigenvalue weighted by atomic mass is 9.40. The summed E-state index contributed by atoms with van der Waals surface area (Å²) in [5.74, 6) is -1.08. The van der Waals surface area contributed by atoms with Gasteiger partial charge in [-0.2, -0.15) is 0 Å². The van der Waals surface area contributed by atoms with E-state index in [4.69, 9.17) is 28.4 Å². The van der Waals surface area contributed by atoms with E-state index in [1.807, 2.05) is 0 Å². The summed E-state index contributed by atoms with van der Waals surface area (Å²) in [4.78, 5) is 0. The van der Waals surface area contributed by atoms with E-state index in [2.05, 4.69) is 34.6 Å². The Balaban J connectivity index is 0.957. The zero-order valence-electron chi connectivity index (χ0n) is 32.7. The fourth-order valence-electron chi connectivity index (χ4n) is 15.2. The van der Waals surface area contributed by atoms with E-state index >= 15 is 0 Å². The smallest absolute Gasteiger partial charge is 0.199 e. The third-order valence-corrected chi connectivity index (χ3v) is 17.6. The normalized spacial score (nSPS) is 61.5. The summed E-state index contributed by atoms with van der Waals surface area (Å²) in [5.41, 5.74) is -3.16. The van der Waals surface area contributed by atoms with E-state index in [9.17, 15) is 40.9 Å². The van der Waals surface area contributed by atoms with Gasteiger partial charge in [0.15, 0.2) is 18.4 Å². The molecule has 9 rings (SSSR count). The Morgan fingerprint density at radius 3 is 2.06 bits per heavy atom. The van der Waals surface area contributed by atoms with E-state index in [0.717, 1.165) is 25.7 Å². The molecule has 4 aliphatic heterocycles. The van der Waals surface area contributed by atoms with Gasteiger partial charge in [-0.3, -0.25) is 0 Å². The Labute approximate surface area is 317 Å². The minimum Gasteiger partial charge on any atom is -0.393 e. The topological polar surface area (TPSA) is 217 Å². The van der Waals surface area contributed by atoms with Crippen LogP contribution in [0.25, 0.3) is 0 Å². The highest BCUT2D eigenvalue weighted by Gasteiger charge is 2.89. The first-order valence-corrected chi connectivity index (χ1v) is 20.5. The molecular weight excluding hydrogens is 704 g/mol. The average molecular weight is 769 g/mol. The highest BCUT2D eigenvalue weighted by Crippen LogP contribution is 2.90. The molecule has 9 fully saturated rings. The van der Waals surface area contributed by atoms with Gasteiger partial charge in [0.25, 0.3) is 0 Å². The molecular formula is C40H64O14. The first-order valence-electron chi connectivity index (χ1n) is 20.5. The molecule has 5 aliphatic carbocycles. The van der Waals surface area contributed by atoms with Crippen LogP contribution >= 0.6 is 0 Å². The van der Waals surface area contributed by atoms with Crippen molar-refractivity contribution in [1.82, 2.24) is 0 Å². The Morgan fingerprint density at radius 2 is 1.37 bits per heavy atom. The van der Waals surface area contributed by atoms with E-state index in [-0.39, 0.29) is 65.3 Å². The van der Waals surface area contributed by atoms with Gasteiger partial charge in [0.1, 0.15) is 48.8 Å². The minimum absolute atomic E-state index is 0.0648. The molecule has 0 aromatic carbocycles. The average Bonchev–Trinajstić information content (AvgIpc) is 3.58. The second-order valence-electron chi connectivity index (χ2n) is 20.7. The van der Waals surface area contributed by atoms with Crippen LogP contribution in [0, 0.1) is 50.7 Å². The van der Waals surface area contributed by atoms with Crippen molar-refractivity contribution < 1.29 is 69.3 Å². The molecule has 0 aromatic heterocycles. The molecule has 0 unspecified atom stereocenters. The van der Waals surface area contributed by atoms with Crippen LogP contribution in [0.4, 0.5) is 0 Å². The fraction of sp³-hybridized carbons (Fsp3) is 1.00. The van der Waals surface area contributed by atoms with Crippen molar-refractivity contribution in [2.75, 3.05) is 13.2 Å². The van der Waals surface area contributed by atoms with Crippen molar-refractivity contribution in [2.45, 2.75) is 185 Å². The summed E-state index contributed by atoms with van der Waals surface area (Å²) >= 11 is 0. The molecule has 308 valence electrons. The SMILES string of the molecule is C[C@@H]1C[C@@H]2O[C@@]3(O[C@@H]2C(C)(C)O)[C@H](O)[C@@]2(C)[C@@H]4CC[C@H]5C(C)(C)[C@@H](O[C@@H]6OC[C@@H](O)[C@H](O[C@@H]7OC[C@@H](O)[C@H](O)[C@H]7O)[C@H]6O)CC[C@@]56C[C@@]46C[C@@H](O)[C@]2(C)[C@@H]13. The van der Waals surface area contributed by atoms with Crippen LogP contribution in [0.5, 0.6) is 0 Å². The van der Waals surface area contributed by atoms with E-state index in [0.29, 0.717) is 19.3 Å². The molecule has 8 N–H and O–H groups in total. The summed E-state index contributed by atoms with van der Waals surface area (Å²) in [7, 11) is 0. The molecule has 9 aliphatic rings. The lowest BCUT2D eigenvalue weighted by molar-refractivity contribution is -0.345. The number of hydrogen-bond acceptors (Lipinski definition) is 14. The first kappa shape index (κ1) is 38.9. The van der Waals surface area contributed by atoms with Gasteiger partial charge < -0.3 is 69.3 Å². The van der Waals surface area contributed by atoms with Crippen LogP contribution in [0.1, 0.15) is 93.4 Å². The van der Waals surface area contributed by atoms with Crippen molar-refractivity contribution in [3.8, 4) is 0 Å². The van der Waals surface area contributed by atoms with Crippen LogP contribution in [-0.2, 0) is 28.4 Å². The molecule has 2 bridgehead atoms. The van der Waals surface area contributed by atoms with Crippen LogP contribution in [0.15, 0.2) is 0 Å². The van der Waals surface area contributed by atoms with Gasteiger partial charge in [0.2, 0.25) is 0 Å². The molecule has 4 heterocycles. The monoisotopic (exact) mass is 768 g/mol. The van der Waals surface area contributed by atoms with Gasteiger partial charge >= 0.3 is 0 Å². The summed E-state index contributed by atoms with van der Waals surface area (Å²) in [6, 6.07) is 0. The standard InChI is InChI=1S/C40H64O14/c1-17-12-20-30(35(4,5)48)54-40(53-20)29(17)37(7)23(43)13-39-16-38(39)11-10-24(34(2,3)21(38)8-9-22(39)36(37,6)33(40)47)51-32-27(46)28(19(42)15-50-32)52-31-26(45)25(44)18(41)14-49-31/h17-33,41-48H,8-16H2,1-7H3/t17-,18-,19-,20+,21+,22+,23-,24+,25+,26-,27-,28+,29-,30+,31+,32+,33-,36-,37-,38-,39+,40+/m1/s1. The van der Waals surface area contributed by atoms with E-state index < -0.39 is 89.7 Å². The molecule has 54 heavy (non-hydrogen) atoms. The van der Waals surface area contributed by atoms with Crippen LogP contribution < -0.4 is 0 Å². The maximum absolute atomic E-state index is 12.8. The van der Waals surface area contributed by atoms with Crippen LogP contribution in [0.2, 0.25) is 0 Å². The molecule has 0 radical (unpaired) electrons. The van der Waals surface area contributed by atoms with Gasteiger partial charge in [-0.15, -0.1) is 0 Å². The number of ether oxygens (including phenoxy) is 6. The summed E-state index contributed by atoms with van der Waals surface area (Å²) < 4.78 is 37.2. The number of aliphatic hydroxyl groups is 8. The van der Waals surface area contributed by atoms with Crippen molar-refractivity contribution in [1.29, 1.82) is 0 Å². The molecule has 5 saturated carbocycles. The number of fused-ring (bicyclic) bond motifs is 4. The zero-order valence-corrected chi connectivity index (χ0v) is 32.7. The van der Waals surface area contributed by atoms with Gasteiger partial charge in [-0.25, -0.2) is 0 Å². The Hall–Kier alpha value is -0.560. The Kier molecular flexibility index (Phi) is 8.67. The number of hydrogen-bond donors (Lipinski definition) is 8. The predicted molar refractivity (Wildman–Crippen MR) is 187 cm³/mol. The second-order valence-corrected chi connectivity index (χ2v) is 20.7. The minimum atomic E-state index is -1.58. The zero-order chi connectivity index (χ0) is 38.9. The largest absolute Gasteiger partial charge is 0.393 e. The van der Waals surface area contributed by atoms with E-state index in [1.165, 1.54) is 0 Å². The van der Waals surface area contributed by atoms with Gasteiger partial charge in [0, 0.05) is 16.7 Å². The molecule has 0 aromatic rings. The highest BCUT2D eigenvalue weighted by atomic mass is 16.8. The third-order valence-electron chi connectivity index (χ3n) is 17.6. The lowest BCUT2D eigenvalue weighted by Gasteiger charge is -2.65. The summed E-state index contributed by atoms with van der Waals surface area (Å²) in [5, 5.41) is 89.0. The number of aliphatic hydroxyl groups excluding tert-OH is 7. The quantitative estimate of drug-likeness (QED) is 0.180. The third kappa shape index (κ3) is 4.67. The van der Waals surface area contributed by atoms with Gasteiger partial charge in [-0.05, 0) is 92.8 Å². The van der Waals surface area contributed by atoms with Crippen molar-refractivity contribution in [2.24, 2.45) is 50.7 Å². The summed E-state index contributed by atoms with van der Waals surface area (Å²) in [6.07, 6.45) is -8.10. The Morgan fingerprint density at radius 1 is 0.722 bits per heavy atom. The Bertz CT molecular complexity index is 1490. The van der Waals surface area contributed by atoms with Crippen molar-refractivity contribution in [3.05, 3.63) is 0 Å². The maximum atomic E-state index is 12.8. The molecule has 3 spiro atoms. The van der Waals surface area contributed by atoms with Crippen LogP contribution in [0.3, 0.4) is 0 Å². The molecule has 22 atom stereocenters. The number of rotatable bonds is 5. The fourth-order valence-corrected chi connectivity index (χ4v) is 15.2. The van der Waals surface area contributed by atoms with Crippen molar-refractivity contribution >= 4 is 0 Å². The second kappa shape index (κ2) is 12.0. The summed E-state index contributed by atoms with van der Waals surface area (Å²) in [6.45, 7) is 14.0. The van der Waals surface area contributed by atoms with Crippen LogP contribution in [-0.4, -0.2) is 145 Å². The van der Waals surface area contributed by atoms with Gasteiger partial charge in [0.05, 0.1) is 37.1 Å². The maximum Gasteiger partial charge on any atom is 0.199 e. The molecule has 14 heteroatoms. The molecule has 0 amide bonds. The van der Waals surface area contributed by atoms with E-state index in [1.54, 1.807) is 13.8 Å².